The number of hydrogen-bond acceptors (Lipinski definition) is 2. The van der Waals surface area contributed by atoms with Crippen molar-refractivity contribution >= 4 is 11.9 Å². The zero-order valence-corrected chi connectivity index (χ0v) is 12.0. The summed E-state index contributed by atoms with van der Waals surface area (Å²) < 4.78 is 37.0. The summed E-state index contributed by atoms with van der Waals surface area (Å²) in [6, 6.07) is 0. The highest BCUT2D eigenvalue weighted by atomic mass is 19.4. The van der Waals surface area contributed by atoms with Gasteiger partial charge in [-0.1, -0.05) is 32.1 Å². The summed E-state index contributed by atoms with van der Waals surface area (Å²) in [5, 5.41) is 8.60. The molecule has 0 spiro atoms. The molecule has 1 fully saturated rings. The van der Waals surface area contributed by atoms with Gasteiger partial charge in [-0.15, -0.1) is 0 Å². The summed E-state index contributed by atoms with van der Waals surface area (Å²) in [5.41, 5.74) is 0. The third-order valence-corrected chi connectivity index (χ3v) is 3.78. The normalized spacial score (nSPS) is 16.7. The molecule has 0 unspecified atom stereocenters. The topological polar surface area (TPSA) is 57.6 Å². The zero-order valence-electron chi connectivity index (χ0n) is 12.0. The van der Waals surface area contributed by atoms with E-state index in [-0.39, 0.29) is 6.42 Å². The molecule has 0 aliphatic heterocycles. The highest BCUT2D eigenvalue weighted by molar-refractivity contribution is 5.81. The van der Waals surface area contributed by atoms with E-state index in [1.165, 1.54) is 19.3 Å². The summed E-state index contributed by atoms with van der Waals surface area (Å²) in [5.74, 6) is -1.60. The van der Waals surface area contributed by atoms with Crippen LogP contribution in [0.25, 0.3) is 0 Å². The van der Waals surface area contributed by atoms with E-state index in [4.69, 9.17) is 5.11 Å². The number of alkyl halides is 3. The Morgan fingerprint density at radius 2 is 1.76 bits per heavy atom. The van der Waals surface area contributed by atoms with Gasteiger partial charge in [0.2, 0.25) is 5.91 Å². The van der Waals surface area contributed by atoms with Crippen molar-refractivity contribution in [3.63, 3.8) is 0 Å². The van der Waals surface area contributed by atoms with Crippen LogP contribution in [0.15, 0.2) is 0 Å². The number of nitrogens with zero attached hydrogens (tertiary/aromatic N) is 1. The van der Waals surface area contributed by atoms with E-state index in [1.54, 1.807) is 0 Å². The summed E-state index contributed by atoms with van der Waals surface area (Å²) in [4.78, 5) is 22.7. The quantitative estimate of drug-likeness (QED) is 0.785. The molecule has 0 aromatic rings. The van der Waals surface area contributed by atoms with Gasteiger partial charge in [-0.05, 0) is 18.8 Å². The molecule has 0 radical (unpaired) electrons. The second-order valence-electron chi connectivity index (χ2n) is 5.65. The predicted molar refractivity (Wildman–Crippen MR) is 70.7 cm³/mol. The second-order valence-corrected chi connectivity index (χ2v) is 5.65. The molecule has 0 saturated heterocycles. The molecular formula is C14H22F3NO3. The fraction of sp³-hybridized carbons (Fsp3) is 0.857. The molecule has 4 nitrogen and oxygen atoms in total. The average molecular weight is 309 g/mol. The average Bonchev–Trinajstić information content (AvgIpc) is 2.37. The molecule has 0 atom stereocenters. The van der Waals surface area contributed by atoms with E-state index in [0.717, 1.165) is 19.3 Å². The number of hydrogen-bond donors (Lipinski definition) is 1. The van der Waals surface area contributed by atoms with Gasteiger partial charge in [0.05, 0.1) is 0 Å². The molecule has 1 rings (SSSR count). The van der Waals surface area contributed by atoms with Crippen LogP contribution in [0.5, 0.6) is 0 Å². The number of carboxylic acids is 1. The van der Waals surface area contributed by atoms with Gasteiger partial charge in [-0.3, -0.25) is 9.59 Å². The van der Waals surface area contributed by atoms with Gasteiger partial charge in [0, 0.05) is 6.42 Å². The molecule has 0 aromatic carbocycles. The smallest absolute Gasteiger partial charge is 0.406 e. The van der Waals surface area contributed by atoms with E-state index >= 15 is 0 Å². The highest BCUT2D eigenvalue weighted by Gasteiger charge is 2.33. The minimum Gasteiger partial charge on any atom is -0.480 e. The predicted octanol–water partition coefficient (Wildman–Crippen LogP) is 3.21. The first kappa shape index (κ1) is 17.8. The van der Waals surface area contributed by atoms with Gasteiger partial charge in [-0.2, -0.15) is 13.2 Å². The van der Waals surface area contributed by atoms with Crippen molar-refractivity contribution in [3.8, 4) is 0 Å². The fourth-order valence-corrected chi connectivity index (χ4v) is 2.79. The first-order chi connectivity index (χ1) is 9.78. The molecule has 1 aliphatic carbocycles. The fourth-order valence-electron chi connectivity index (χ4n) is 2.79. The van der Waals surface area contributed by atoms with Gasteiger partial charge in [-0.25, -0.2) is 0 Å². The lowest BCUT2D eigenvalue weighted by Gasteiger charge is -2.24. The van der Waals surface area contributed by atoms with Gasteiger partial charge in [0.15, 0.2) is 0 Å². The van der Waals surface area contributed by atoms with Crippen molar-refractivity contribution in [3.05, 3.63) is 0 Å². The van der Waals surface area contributed by atoms with Crippen LogP contribution in [0, 0.1) is 5.92 Å². The Hall–Kier alpha value is -1.27. The molecule has 1 saturated carbocycles. The molecule has 1 aliphatic rings. The molecular weight excluding hydrogens is 287 g/mol. The lowest BCUT2D eigenvalue weighted by molar-refractivity contribution is -0.165. The molecule has 0 heterocycles. The Kier molecular flexibility index (Phi) is 6.98. The first-order valence-corrected chi connectivity index (χ1v) is 7.34. The van der Waals surface area contributed by atoms with E-state index < -0.39 is 31.1 Å². The van der Waals surface area contributed by atoms with Crippen molar-refractivity contribution < 1.29 is 27.9 Å². The maximum absolute atomic E-state index is 12.3. The van der Waals surface area contributed by atoms with E-state index in [0.29, 0.717) is 17.2 Å². The summed E-state index contributed by atoms with van der Waals surface area (Å²) in [6.45, 7) is -2.40. The minimum absolute atomic E-state index is 0.0140. The third kappa shape index (κ3) is 7.92. The Labute approximate surface area is 122 Å². The summed E-state index contributed by atoms with van der Waals surface area (Å²) in [7, 11) is 0. The molecule has 1 amide bonds. The van der Waals surface area contributed by atoms with Gasteiger partial charge in [0.25, 0.3) is 0 Å². The molecule has 1 N–H and O–H groups in total. The zero-order chi connectivity index (χ0) is 15.9. The molecule has 122 valence electrons. The highest BCUT2D eigenvalue weighted by Crippen LogP contribution is 2.28. The number of halogens is 3. The van der Waals surface area contributed by atoms with Crippen LogP contribution in [-0.2, 0) is 9.59 Å². The summed E-state index contributed by atoms with van der Waals surface area (Å²) >= 11 is 0. The number of carboxylic acid groups (broad SMARTS) is 1. The maximum atomic E-state index is 12.3. The number of amides is 1. The van der Waals surface area contributed by atoms with Gasteiger partial charge in [0.1, 0.15) is 13.1 Å². The SMILES string of the molecule is O=C(O)CN(CC(F)(F)F)C(=O)CCCC1CCCCC1. The van der Waals surface area contributed by atoms with Gasteiger partial charge >= 0.3 is 12.1 Å². The van der Waals surface area contributed by atoms with E-state index in [1.807, 2.05) is 0 Å². The Morgan fingerprint density at radius 3 is 2.29 bits per heavy atom. The number of carbonyl (C=O) groups excluding carboxylic acids is 1. The van der Waals surface area contributed by atoms with Crippen LogP contribution in [0.2, 0.25) is 0 Å². The van der Waals surface area contributed by atoms with Crippen molar-refractivity contribution in [2.45, 2.75) is 57.5 Å². The Balaban J connectivity index is 2.38. The lowest BCUT2D eigenvalue weighted by atomic mass is 9.86. The summed E-state index contributed by atoms with van der Waals surface area (Å²) in [6.07, 6.45) is 2.60. The largest absolute Gasteiger partial charge is 0.480 e. The Bertz CT molecular complexity index is 352. The molecule has 7 heteroatoms. The minimum atomic E-state index is -4.57. The van der Waals surface area contributed by atoms with Crippen LogP contribution in [0.3, 0.4) is 0 Å². The number of rotatable bonds is 7. The standard InChI is InChI=1S/C14H22F3NO3/c15-14(16,17)10-18(9-13(20)21)12(19)8-4-7-11-5-2-1-3-6-11/h11H,1-10H2,(H,20,21). The second kappa shape index (κ2) is 8.24. The Morgan fingerprint density at radius 1 is 1.14 bits per heavy atom. The lowest BCUT2D eigenvalue weighted by Crippen LogP contribution is -2.42. The van der Waals surface area contributed by atoms with Crippen LogP contribution in [-0.4, -0.2) is 41.1 Å². The van der Waals surface area contributed by atoms with Crippen LogP contribution in [0.1, 0.15) is 51.4 Å². The van der Waals surface area contributed by atoms with Crippen LogP contribution >= 0.6 is 0 Å². The van der Waals surface area contributed by atoms with Crippen molar-refractivity contribution in [1.82, 2.24) is 4.90 Å². The van der Waals surface area contributed by atoms with E-state index in [2.05, 4.69) is 0 Å². The van der Waals surface area contributed by atoms with Crippen LogP contribution in [0.4, 0.5) is 13.2 Å². The number of carbonyl (C=O) groups is 2. The molecule has 21 heavy (non-hydrogen) atoms. The van der Waals surface area contributed by atoms with Crippen molar-refractivity contribution in [1.29, 1.82) is 0 Å². The van der Waals surface area contributed by atoms with E-state index in [9.17, 15) is 22.8 Å². The maximum Gasteiger partial charge on any atom is 0.406 e. The van der Waals surface area contributed by atoms with Crippen LogP contribution < -0.4 is 0 Å². The van der Waals surface area contributed by atoms with Crippen molar-refractivity contribution in [2.24, 2.45) is 5.92 Å². The third-order valence-electron chi connectivity index (χ3n) is 3.78. The monoisotopic (exact) mass is 309 g/mol. The van der Waals surface area contributed by atoms with Crippen molar-refractivity contribution in [2.75, 3.05) is 13.1 Å². The molecule has 0 aromatic heterocycles. The van der Waals surface area contributed by atoms with Gasteiger partial charge < -0.3 is 10.0 Å². The molecule has 0 bridgehead atoms. The first-order valence-electron chi connectivity index (χ1n) is 7.34. The number of aliphatic carboxylic acids is 1.